The number of aliphatic hydroxyl groups excluding tert-OH is 1. The molecule has 7 heteroatoms. The summed E-state index contributed by atoms with van der Waals surface area (Å²) < 4.78 is 12.7. The summed E-state index contributed by atoms with van der Waals surface area (Å²) in [7, 11) is 0. The number of nitrogens with zero attached hydrogens (tertiary/aromatic N) is 2. The first-order valence-electron chi connectivity index (χ1n) is 6.76. The fraction of sp³-hybridized carbons (Fsp3) is 0.429. The molecule has 2 heterocycles. The maximum Gasteiger partial charge on any atom is 0.323 e. The van der Waals surface area contributed by atoms with E-state index in [9.17, 15) is 9.90 Å². The van der Waals surface area contributed by atoms with E-state index in [0.29, 0.717) is 41.6 Å². The summed E-state index contributed by atoms with van der Waals surface area (Å²) in [5.74, 6) is 0.483. The van der Waals surface area contributed by atoms with Crippen molar-refractivity contribution in [2.45, 2.75) is 26.0 Å². The van der Waals surface area contributed by atoms with E-state index in [-0.39, 0.29) is 6.54 Å². The molecule has 2 N–H and O–H groups in total. The summed E-state index contributed by atoms with van der Waals surface area (Å²) in [6.07, 6.45) is -0.0706. The van der Waals surface area contributed by atoms with Crippen LogP contribution in [-0.4, -0.2) is 38.9 Å². The summed E-state index contributed by atoms with van der Waals surface area (Å²) in [6.45, 7) is 2.40. The maximum absolute atomic E-state index is 11.0. The van der Waals surface area contributed by atoms with Gasteiger partial charge in [-0.25, -0.2) is 4.98 Å². The Kier molecular flexibility index (Phi) is 3.42. The molecule has 2 aromatic rings. The second kappa shape index (κ2) is 5.25. The molecule has 1 aromatic carbocycles. The number of aliphatic hydroxyl groups is 1. The zero-order chi connectivity index (χ0) is 15.0. The van der Waals surface area contributed by atoms with Crippen LogP contribution in [0.5, 0.6) is 11.5 Å². The van der Waals surface area contributed by atoms with Crippen LogP contribution in [0.25, 0.3) is 11.0 Å². The molecule has 0 saturated heterocycles. The molecule has 0 radical (unpaired) electrons. The molecule has 112 valence electrons. The Hall–Kier alpha value is -2.28. The number of fused-ring (bicyclic) bond motifs is 2. The molecule has 0 fully saturated rings. The number of hydrogen-bond donors (Lipinski definition) is 2. The van der Waals surface area contributed by atoms with E-state index in [1.165, 1.54) is 4.57 Å². The number of imidazole rings is 1. The van der Waals surface area contributed by atoms with E-state index in [1.54, 1.807) is 19.1 Å². The number of aromatic nitrogens is 2. The van der Waals surface area contributed by atoms with Gasteiger partial charge in [-0.15, -0.1) is 0 Å². The standard InChI is InChI=1S/C14H16N2O5/c1-8(17)14-15-9-5-11-12(21-4-2-3-20-11)6-10(9)16(14)7-13(18)19/h5-6,8,17H,2-4,7H2,1H3,(H,18,19). The number of carbonyl (C=O) groups is 1. The number of carboxylic acids is 1. The lowest BCUT2D eigenvalue weighted by Crippen LogP contribution is -2.13. The molecule has 3 rings (SSSR count). The Bertz CT molecular complexity index is 692. The van der Waals surface area contributed by atoms with Gasteiger partial charge in [0.2, 0.25) is 0 Å². The predicted octanol–water partition coefficient (Wildman–Crippen LogP) is 1.34. The number of rotatable bonds is 3. The molecule has 1 unspecified atom stereocenters. The second-order valence-corrected chi connectivity index (χ2v) is 4.96. The Morgan fingerprint density at radius 2 is 2.05 bits per heavy atom. The lowest BCUT2D eigenvalue weighted by atomic mass is 10.2. The Morgan fingerprint density at radius 3 is 2.67 bits per heavy atom. The zero-order valence-electron chi connectivity index (χ0n) is 11.6. The van der Waals surface area contributed by atoms with E-state index in [0.717, 1.165) is 6.42 Å². The van der Waals surface area contributed by atoms with Crippen LogP contribution >= 0.6 is 0 Å². The van der Waals surface area contributed by atoms with Crippen LogP contribution in [0.4, 0.5) is 0 Å². The number of aliphatic carboxylic acids is 1. The van der Waals surface area contributed by atoms with Gasteiger partial charge in [0.05, 0.1) is 24.2 Å². The average molecular weight is 292 g/mol. The van der Waals surface area contributed by atoms with E-state index in [1.807, 2.05) is 0 Å². The predicted molar refractivity (Wildman–Crippen MR) is 73.6 cm³/mol. The van der Waals surface area contributed by atoms with Crippen LogP contribution < -0.4 is 9.47 Å². The van der Waals surface area contributed by atoms with Crippen LogP contribution in [-0.2, 0) is 11.3 Å². The minimum Gasteiger partial charge on any atom is -0.489 e. The van der Waals surface area contributed by atoms with Gasteiger partial charge in [-0.3, -0.25) is 4.79 Å². The van der Waals surface area contributed by atoms with Gasteiger partial charge in [-0.2, -0.15) is 0 Å². The van der Waals surface area contributed by atoms with Crippen molar-refractivity contribution in [1.29, 1.82) is 0 Å². The van der Waals surface area contributed by atoms with Crippen molar-refractivity contribution in [3.05, 3.63) is 18.0 Å². The van der Waals surface area contributed by atoms with Gasteiger partial charge < -0.3 is 24.3 Å². The third-order valence-corrected chi connectivity index (χ3v) is 3.31. The van der Waals surface area contributed by atoms with Crippen molar-refractivity contribution in [3.8, 4) is 11.5 Å². The van der Waals surface area contributed by atoms with Crippen LogP contribution in [0.1, 0.15) is 25.3 Å². The van der Waals surface area contributed by atoms with Crippen LogP contribution in [0.3, 0.4) is 0 Å². The van der Waals surface area contributed by atoms with Gasteiger partial charge in [0.25, 0.3) is 0 Å². The number of hydrogen-bond acceptors (Lipinski definition) is 5. The first kappa shape index (κ1) is 13.7. The summed E-state index contributed by atoms with van der Waals surface area (Å²) in [5.41, 5.74) is 1.19. The number of benzene rings is 1. The van der Waals surface area contributed by atoms with Gasteiger partial charge in [0.15, 0.2) is 11.5 Å². The molecule has 0 aliphatic carbocycles. The minimum absolute atomic E-state index is 0.267. The van der Waals surface area contributed by atoms with Crippen molar-refractivity contribution >= 4 is 17.0 Å². The van der Waals surface area contributed by atoms with E-state index < -0.39 is 12.1 Å². The highest BCUT2D eigenvalue weighted by atomic mass is 16.5. The molecule has 0 bridgehead atoms. The van der Waals surface area contributed by atoms with Crippen LogP contribution in [0, 0.1) is 0 Å². The lowest BCUT2D eigenvalue weighted by molar-refractivity contribution is -0.137. The molecule has 1 aliphatic heterocycles. The van der Waals surface area contributed by atoms with Crippen molar-refractivity contribution in [2.24, 2.45) is 0 Å². The highest BCUT2D eigenvalue weighted by molar-refractivity contribution is 5.82. The Balaban J connectivity index is 2.19. The van der Waals surface area contributed by atoms with Gasteiger partial charge >= 0.3 is 5.97 Å². The maximum atomic E-state index is 11.0. The molecule has 1 aliphatic rings. The fourth-order valence-corrected chi connectivity index (χ4v) is 2.42. The normalized spacial score (nSPS) is 15.7. The van der Waals surface area contributed by atoms with E-state index in [4.69, 9.17) is 14.6 Å². The van der Waals surface area contributed by atoms with Crippen molar-refractivity contribution in [1.82, 2.24) is 9.55 Å². The molecule has 1 atom stereocenters. The average Bonchev–Trinajstić information content (AvgIpc) is 2.61. The first-order valence-corrected chi connectivity index (χ1v) is 6.76. The molecular formula is C14H16N2O5. The van der Waals surface area contributed by atoms with Crippen LogP contribution in [0.2, 0.25) is 0 Å². The third kappa shape index (κ3) is 2.52. The zero-order valence-corrected chi connectivity index (χ0v) is 11.6. The molecule has 7 nitrogen and oxygen atoms in total. The quantitative estimate of drug-likeness (QED) is 0.886. The first-order chi connectivity index (χ1) is 10.1. The van der Waals surface area contributed by atoms with Crippen molar-refractivity contribution in [3.63, 3.8) is 0 Å². The lowest BCUT2D eigenvalue weighted by Gasteiger charge is -2.10. The highest BCUT2D eigenvalue weighted by Gasteiger charge is 2.20. The SMILES string of the molecule is CC(O)c1nc2cc3c(cc2n1CC(=O)O)OCCCO3. The number of ether oxygens (including phenoxy) is 2. The van der Waals surface area contributed by atoms with Crippen molar-refractivity contribution < 1.29 is 24.5 Å². The van der Waals surface area contributed by atoms with Gasteiger partial charge in [0.1, 0.15) is 18.5 Å². The molecule has 0 saturated carbocycles. The van der Waals surface area contributed by atoms with Crippen molar-refractivity contribution in [2.75, 3.05) is 13.2 Å². The summed E-state index contributed by atoms with van der Waals surface area (Å²) in [4.78, 5) is 15.4. The molecule has 0 amide bonds. The Morgan fingerprint density at radius 1 is 1.38 bits per heavy atom. The summed E-state index contributed by atoms with van der Waals surface area (Å²) in [6, 6.07) is 3.44. The number of carboxylic acid groups (broad SMARTS) is 1. The molecule has 1 aromatic heterocycles. The molecular weight excluding hydrogens is 276 g/mol. The molecule has 0 spiro atoms. The Labute approximate surface area is 120 Å². The van der Waals surface area contributed by atoms with Gasteiger partial charge in [0, 0.05) is 18.6 Å². The molecule has 21 heavy (non-hydrogen) atoms. The third-order valence-electron chi connectivity index (χ3n) is 3.31. The van der Waals surface area contributed by atoms with Gasteiger partial charge in [-0.05, 0) is 6.92 Å². The fourth-order valence-electron chi connectivity index (χ4n) is 2.42. The summed E-state index contributed by atoms with van der Waals surface area (Å²) in [5, 5.41) is 18.8. The second-order valence-electron chi connectivity index (χ2n) is 4.96. The highest BCUT2D eigenvalue weighted by Crippen LogP contribution is 2.35. The summed E-state index contributed by atoms with van der Waals surface area (Å²) >= 11 is 0. The largest absolute Gasteiger partial charge is 0.489 e. The van der Waals surface area contributed by atoms with E-state index >= 15 is 0 Å². The van der Waals surface area contributed by atoms with E-state index in [2.05, 4.69) is 4.98 Å². The smallest absolute Gasteiger partial charge is 0.323 e. The minimum atomic E-state index is -0.997. The van der Waals surface area contributed by atoms with Gasteiger partial charge in [-0.1, -0.05) is 0 Å². The topological polar surface area (TPSA) is 93.8 Å². The monoisotopic (exact) mass is 292 g/mol. The van der Waals surface area contributed by atoms with Crippen LogP contribution in [0.15, 0.2) is 12.1 Å².